The van der Waals surface area contributed by atoms with Crippen LogP contribution in [0.4, 0.5) is 4.39 Å². The predicted octanol–water partition coefficient (Wildman–Crippen LogP) is 3.29. The van der Waals surface area contributed by atoms with Gasteiger partial charge in [-0.05, 0) is 55.9 Å². The Bertz CT molecular complexity index is 536. The van der Waals surface area contributed by atoms with Gasteiger partial charge in [0.2, 0.25) is 0 Å². The van der Waals surface area contributed by atoms with Gasteiger partial charge < -0.3 is 9.47 Å². The van der Waals surface area contributed by atoms with E-state index in [1.807, 2.05) is 20.1 Å². The Morgan fingerprint density at radius 1 is 1.32 bits per heavy atom. The lowest BCUT2D eigenvalue weighted by Gasteiger charge is -2.43. The lowest BCUT2D eigenvalue weighted by Crippen LogP contribution is -2.51. The minimum atomic E-state index is -0.161. The van der Waals surface area contributed by atoms with E-state index in [0.717, 1.165) is 44.3 Å². The quantitative estimate of drug-likeness (QED) is 0.852. The normalized spacial score (nSPS) is 32.2. The monoisotopic (exact) mass is 307 g/mol. The molecule has 2 fully saturated rings. The summed E-state index contributed by atoms with van der Waals surface area (Å²) in [6, 6.07) is 5.48. The van der Waals surface area contributed by atoms with E-state index < -0.39 is 0 Å². The fourth-order valence-corrected chi connectivity index (χ4v) is 4.21. The van der Waals surface area contributed by atoms with E-state index in [-0.39, 0.29) is 11.4 Å². The van der Waals surface area contributed by atoms with Gasteiger partial charge in [-0.1, -0.05) is 6.07 Å². The van der Waals surface area contributed by atoms with E-state index >= 15 is 0 Å². The molecule has 1 aromatic carbocycles. The fraction of sp³-hybridized carbons (Fsp3) is 0.667. The Hall–Kier alpha value is -0.970. The molecule has 1 saturated heterocycles. The summed E-state index contributed by atoms with van der Waals surface area (Å²) in [6.07, 6.45) is 4.55. The molecule has 1 heterocycles. The Labute approximate surface area is 132 Å². The van der Waals surface area contributed by atoms with Crippen LogP contribution >= 0.6 is 0 Å². The van der Waals surface area contributed by atoms with Gasteiger partial charge in [-0.2, -0.15) is 0 Å². The third-order valence-electron chi connectivity index (χ3n) is 5.66. The highest BCUT2D eigenvalue weighted by molar-refractivity contribution is 5.27. The van der Waals surface area contributed by atoms with Gasteiger partial charge >= 0.3 is 0 Å². The van der Waals surface area contributed by atoms with Crippen LogP contribution in [0.5, 0.6) is 0 Å². The second-order valence-electron chi connectivity index (χ2n) is 6.71. The zero-order valence-electron chi connectivity index (χ0n) is 13.8. The van der Waals surface area contributed by atoms with Crippen LogP contribution in [0.15, 0.2) is 18.2 Å². The summed E-state index contributed by atoms with van der Waals surface area (Å²) in [5.74, 6) is -0.161. The van der Waals surface area contributed by atoms with Gasteiger partial charge in [0, 0.05) is 33.4 Å². The van der Waals surface area contributed by atoms with Gasteiger partial charge in [0.25, 0.3) is 0 Å². The molecule has 3 nitrogen and oxygen atoms in total. The molecule has 0 radical (unpaired) electrons. The Kier molecular flexibility index (Phi) is 4.53. The summed E-state index contributed by atoms with van der Waals surface area (Å²) in [5, 5.41) is 0. The van der Waals surface area contributed by atoms with Crippen LogP contribution in [0.2, 0.25) is 0 Å². The number of methoxy groups -OCH3 is 2. The van der Waals surface area contributed by atoms with Gasteiger partial charge in [0.15, 0.2) is 0 Å². The molecule has 0 spiro atoms. The summed E-state index contributed by atoms with van der Waals surface area (Å²) in [4.78, 5) is 2.49. The zero-order chi connectivity index (χ0) is 15.7. The minimum Gasteiger partial charge on any atom is -0.381 e. The van der Waals surface area contributed by atoms with Gasteiger partial charge in [0.1, 0.15) is 5.82 Å². The highest BCUT2D eigenvalue weighted by Gasteiger charge is 2.50. The predicted molar refractivity (Wildman–Crippen MR) is 84.3 cm³/mol. The van der Waals surface area contributed by atoms with Crippen molar-refractivity contribution in [3.8, 4) is 0 Å². The first-order chi connectivity index (χ1) is 10.6. The maximum absolute atomic E-state index is 13.3. The van der Waals surface area contributed by atoms with Crippen molar-refractivity contribution in [1.82, 2.24) is 4.90 Å². The number of hydrogen-bond donors (Lipinski definition) is 0. The summed E-state index contributed by atoms with van der Waals surface area (Å²) >= 11 is 0. The van der Waals surface area contributed by atoms with Crippen molar-refractivity contribution < 1.29 is 13.9 Å². The number of aryl methyl sites for hydroxylation is 1. The number of nitrogens with zero attached hydrogens (tertiary/aromatic N) is 1. The average Bonchev–Trinajstić information content (AvgIpc) is 2.88. The van der Waals surface area contributed by atoms with E-state index in [1.165, 1.54) is 5.56 Å². The number of fused-ring (bicyclic) bond motifs is 1. The standard InChI is InChI=1S/C18H26FNO2/c1-13-10-15(19)5-4-14(13)12-20-9-8-18(22-3)7-6-16(21-2)11-17(18)20/h4-5,10,16-17H,6-9,11-12H2,1-3H3/t16-,17-,18+/m0/s1. The second-order valence-corrected chi connectivity index (χ2v) is 6.71. The number of ether oxygens (including phenoxy) is 2. The molecule has 0 N–H and O–H groups in total. The van der Waals surface area contributed by atoms with Crippen molar-refractivity contribution in [2.75, 3.05) is 20.8 Å². The third-order valence-corrected chi connectivity index (χ3v) is 5.66. The molecule has 0 amide bonds. The van der Waals surface area contributed by atoms with Crippen molar-refractivity contribution in [1.29, 1.82) is 0 Å². The molecular formula is C18H26FNO2. The van der Waals surface area contributed by atoms with Crippen LogP contribution < -0.4 is 0 Å². The summed E-state index contributed by atoms with van der Waals surface area (Å²) in [7, 11) is 3.64. The molecule has 0 aromatic heterocycles. The maximum Gasteiger partial charge on any atom is 0.123 e. The average molecular weight is 307 g/mol. The second kappa shape index (κ2) is 6.26. The lowest BCUT2D eigenvalue weighted by molar-refractivity contribution is -0.0947. The molecule has 3 rings (SSSR count). The van der Waals surface area contributed by atoms with Crippen LogP contribution in [-0.2, 0) is 16.0 Å². The highest BCUT2D eigenvalue weighted by atomic mass is 19.1. The molecule has 0 bridgehead atoms. The van der Waals surface area contributed by atoms with Crippen LogP contribution in [0.3, 0.4) is 0 Å². The van der Waals surface area contributed by atoms with E-state index in [1.54, 1.807) is 19.2 Å². The van der Waals surface area contributed by atoms with E-state index in [0.29, 0.717) is 12.1 Å². The van der Waals surface area contributed by atoms with E-state index in [2.05, 4.69) is 4.90 Å². The van der Waals surface area contributed by atoms with Crippen molar-refractivity contribution in [3.63, 3.8) is 0 Å². The molecule has 1 aromatic rings. The Morgan fingerprint density at radius 2 is 2.14 bits per heavy atom. The van der Waals surface area contributed by atoms with Crippen molar-refractivity contribution in [3.05, 3.63) is 35.1 Å². The largest absolute Gasteiger partial charge is 0.381 e. The molecular weight excluding hydrogens is 281 g/mol. The first-order valence-corrected chi connectivity index (χ1v) is 8.15. The zero-order valence-corrected chi connectivity index (χ0v) is 13.8. The number of halogens is 1. The van der Waals surface area contributed by atoms with Gasteiger partial charge in [-0.3, -0.25) is 4.90 Å². The van der Waals surface area contributed by atoms with Crippen molar-refractivity contribution in [2.24, 2.45) is 0 Å². The first-order valence-electron chi connectivity index (χ1n) is 8.15. The van der Waals surface area contributed by atoms with Crippen LogP contribution in [0.25, 0.3) is 0 Å². The summed E-state index contributed by atoms with van der Waals surface area (Å²) in [6.45, 7) is 3.88. The highest BCUT2D eigenvalue weighted by Crippen LogP contribution is 2.43. The van der Waals surface area contributed by atoms with Crippen LogP contribution in [0, 0.1) is 12.7 Å². The number of hydrogen-bond acceptors (Lipinski definition) is 3. The molecule has 2 aliphatic rings. The number of likely N-dealkylation sites (tertiary alicyclic amines) is 1. The maximum atomic E-state index is 13.3. The Morgan fingerprint density at radius 3 is 2.82 bits per heavy atom. The first kappa shape index (κ1) is 15.9. The van der Waals surface area contributed by atoms with Crippen molar-refractivity contribution in [2.45, 2.75) is 56.9 Å². The number of benzene rings is 1. The van der Waals surface area contributed by atoms with Gasteiger partial charge in [-0.25, -0.2) is 4.39 Å². The number of rotatable bonds is 4. The van der Waals surface area contributed by atoms with E-state index in [9.17, 15) is 4.39 Å². The molecule has 0 unspecified atom stereocenters. The molecule has 1 aliphatic carbocycles. The van der Waals surface area contributed by atoms with Gasteiger partial charge in [0.05, 0.1) is 11.7 Å². The molecule has 22 heavy (non-hydrogen) atoms. The molecule has 4 heteroatoms. The van der Waals surface area contributed by atoms with Crippen LogP contribution in [0.1, 0.15) is 36.8 Å². The smallest absolute Gasteiger partial charge is 0.123 e. The Balaban J connectivity index is 1.79. The third kappa shape index (κ3) is 2.80. The summed E-state index contributed by atoms with van der Waals surface area (Å²) < 4.78 is 24.8. The fourth-order valence-electron chi connectivity index (χ4n) is 4.21. The molecule has 122 valence electrons. The lowest BCUT2D eigenvalue weighted by atomic mass is 9.79. The SMILES string of the molecule is CO[C@H]1CC[C@@]2(OC)CCN(Cc3ccc(F)cc3C)[C@H]2C1. The van der Waals surface area contributed by atoms with E-state index in [4.69, 9.17) is 9.47 Å². The molecule has 1 saturated carbocycles. The molecule has 3 atom stereocenters. The van der Waals surface area contributed by atoms with Crippen LogP contribution in [-0.4, -0.2) is 43.4 Å². The summed E-state index contributed by atoms with van der Waals surface area (Å²) in [5.41, 5.74) is 2.20. The minimum absolute atomic E-state index is 0.0248. The van der Waals surface area contributed by atoms with Gasteiger partial charge in [-0.15, -0.1) is 0 Å². The topological polar surface area (TPSA) is 21.7 Å². The molecule has 1 aliphatic heterocycles. The van der Waals surface area contributed by atoms with Crippen molar-refractivity contribution >= 4 is 0 Å².